The normalized spacial score (nSPS) is 9.76. The van der Waals surface area contributed by atoms with Crippen LogP contribution in [0.1, 0.15) is 181 Å². The molecule has 0 heterocycles. The van der Waals surface area contributed by atoms with Gasteiger partial charge in [-0.25, -0.2) is 0 Å². The number of thioether (sulfide) groups is 2. The molecule has 4 atom stereocenters. The third-order valence-corrected chi connectivity index (χ3v) is 14.5. The molecule has 0 spiro atoms. The smallest absolute Gasteiger partial charge is 0.300 e. The van der Waals surface area contributed by atoms with Crippen molar-refractivity contribution in [2.75, 3.05) is 88.7 Å². The Morgan fingerprint density at radius 2 is 0.671 bits per heavy atom. The number of nitrogens with zero attached hydrogens (tertiary/aromatic N) is 2. The highest BCUT2D eigenvalue weighted by Crippen LogP contribution is 2.14. The van der Waals surface area contributed by atoms with Gasteiger partial charge in [-0.1, -0.05) is 94.5 Å². The van der Waals surface area contributed by atoms with E-state index in [1.54, 1.807) is 68.9 Å². The van der Waals surface area contributed by atoms with Gasteiger partial charge >= 0.3 is 0 Å². The van der Waals surface area contributed by atoms with Crippen molar-refractivity contribution in [3.63, 3.8) is 0 Å². The van der Waals surface area contributed by atoms with E-state index in [4.69, 9.17) is 30.3 Å². The molecule has 0 rings (SSSR count). The lowest BCUT2D eigenvalue weighted by Crippen LogP contribution is -2.45. The molecule has 0 bridgehead atoms. The van der Waals surface area contributed by atoms with Crippen molar-refractivity contribution in [3.05, 3.63) is 0 Å². The van der Waals surface area contributed by atoms with E-state index in [9.17, 15) is 28.8 Å². The summed E-state index contributed by atoms with van der Waals surface area (Å²) in [7, 11) is 17.0. The van der Waals surface area contributed by atoms with Crippen molar-refractivity contribution < 1.29 is 48.6 Å². The molecule has 0 aliphatic heterocycles. The fourth-order valence-corrected chi connectivity index (χ4v) is 7.44. The van der Waals surface area contributed by atoms with Gasteiger partial charge in [0.15, 0.2) is 0 Å². The Hall–Kier alpha value is -1.28. The van der Waals surface area contributed by atoms with Gasteiger partial charge in [0.25, 0.3) is 11.9 Å². The monoisotopic (exact) mass is 1350 g/mol. The van der Waals surface area contributed by atoms with Crippen molar-refractivity contribution in [1.29, 1.82) is 10.5 Å². The average molecular weight is 1350 g/mol. The first-order chi connectivity index (χ1) is 39.2. The summed E-state index contributed by atoms with van der Waals surface area (Å²) in [5, 5.41) is 40.4. The SMILES string of the molecule is CC(=O)O.CC(=O)O.CN.CN.CNC(=O)[C@H](CCCCCC(=O)CCCCCS)NC(=O)CCCCCS.CNC(=O)[C@H](CCCCCC(=O)CCCCCSC)NC(=O)CCCCCSC.CSSC.CSSC.N#CP.N#CP. The maximum absolute atomic E-state index is 12.1. The number of carboxylic acid groups (broad SMARTS) is 2. The Labute approximate surface area is 538 Å². The molecule has 0 aliphatic carbocycles. The fourth-order valence-electron chi connectivity index (χ4n) is 6.00. The Morgan fingerprint density at radius 3 is 0.878 bits per heavy atom. The van der Waals surface area contributed by atoms with Gasteiger partial charge in [-0.3, -0.25) is 38.4 Å². The highest BCUT2D eigenvalue weighted by molar-refractivity contribution is 8.76. The van der Waals surface area contributed by atoms with Crippen LogP contribution in [0.25, 0.3) is 0 Å². The number of nitrogens with two attached hydrogens (primary N) is 2. The zero-order valence-electron chi connectivity index (χ0n) is 52.1. The number of rotatable bonds is 40. The number of carbonyl (C=O) groups excluding carboxylic acids is 6. The molecule has 28 heteroatoms. The van der Waals surface area contributed by atoms with Crippen molar-refractivity contribution in [2.24, 2.45) is 11.5 Å². The molecule has 2 unspecified atom stereocenters. The number of Topliss-reactive ketones (excluding diaryl/α,β-unsaturated/α-hetero) is 2. The number of unbranched alkanes of at least 4 members (excludes halogenated alkanes) is 12. The Bertz CT molecular complexity index is 1460. The lowest BCUT2D eigenvalue weighted by molar-refractivity contribution is -0.135. The second kappa shape index (κ2) is 98.8. The molecule has 0 fully saturated rings. The number of likely N-dealkylation sites (N-methyl/N-ethyl adjacent to an activating group) is 2. The van der Waals surface area contributed by atoms with E-state index in [0.29, 0.717) is 62.9 Å². The first-order valence-corrected chi connectivity index (χ1v) is 38.5. The highest BCUT2D eigenvalue weighted by atomic mass is 33.1. The standard InChI is InChI=1S/C22H42N2O3S2.C20H38N2O3S2.2C2H4O2.2C2H6S2.2CH2NP.2CH5N/c1-23-22(27)20(24-21(26)16-10-6-12-18-29-3)15-9-4-7-13-19(25)14-8-5-11-17-28-2;1-21-20(25)18(22-19(24)14-8-4-10-16-27)13-7-2-5-11-17(23)12-6-3-9-15-26;2*1-2(3)4;2*1-3-4-2;2*2-1-3;2*1-2/h20H,4-18H2,1-3H3,(H,23,27)(H,24,26);18,26-27H,2-16H2,1H3,(H,21,25)(H,22,24);2*1H3,(H,3,4);2*1-2H3;2*3H2;2*2H2,1H3/t20-;18-;;;;;;;;/m00......../s1. The van der Waals surface area contributed by atoms with Gasteiger partial charge in [0.2, 0.25) is 23.6 Å². The highest BCUT2D eigenvalue weighted by Gasteiger charge is 2.20. The van der Waals surface area contributed by atoms with Crippen LogP contribution in [0.2, 0.25) is 0 Å². The molecule has 10 N–H and O–H groups in total. The molecule has 0 aromatic carbocycles. The van der Waals surface area contributed by atoms with Crippen molar-refractivity contribution >= 4 is 158 Å². The van der Waals surface area contributed by atoms with Gasteiger partial charge in [-0.05, 0) is 170 Å². The second-order valence-electron chi connectivity index (χ2n) is 16.4. The first-order valence-electron chi connectivity index (χ1n) is 27.3. The number of nitriles is 2. The summed E-state index contributed by atoms with van der Waals surface area (Å²) in [5.41, 5.74) is 9.00. The Morgan fingerprint density at radius 1 is 0.451 bits per heavy atom. The summed E-state index contributed by atoms with van der Waals surface area (Å²) >= 11 is 12.0. The molecular formula is C54H114N8O10P2S8. The fraction of sp³-hybridized carbons (Fsp3) is 0.815. The maximum Gasteiger partial charge on any atom is 0.300 e. The zero-order valence-corrected chi connectivity index (χ0v) is 61.1. The van der Waals surface area contributed by atoms with Crippen molar-refractivity contribution in [3.8, 4) is 11.6 Å². The van der Waals surface area contributed by atoms with Crippen LogP contribution < -0.4 is 32.7 Å². The molecule has 4 amide bonds. The molecule has 18 nitrogen and oxygen atoms in total. The minimum Gasteiger partial charge on any atom is -0.481 e. The Balaban J connectivity index is -0.000000111. The summed E-state index contributed by atoms with van der Waals surface area (Å²) < 4.78 is 0. The third kappa shape index (κ3) is 121. The molecule has 0 aromatic rings. The summed E-state index contributed by atoms with van der Waals surface area (Å²) in [5.74, 6) is 5.96. The maximum atomic E-state index is 12.1. The van der Waals surface area contributed by atoms with Gasteiger partial charge in [-0.2, -0.15) is 59.3 Å². The van der Waals surface area contributed by atoms with Gasteiger partial charge in [0, 0.05) is 66.5 Å². The number of carboxylic acids is 2. The van der Waals surface area contributed by atoms with Crippen molar-refractivity contribution in [2.45, 2.75) is 193 Å². The molecular weight excluding hydrogens is 1240 g/mol. The minimum atomic E-state index is -0.833. The zero-order chi connectivity index (χ0) is 65.5. The summed E-state index contributed by atoms with van der Waals surface area (Å²) in [6, 6.07) is -0.949. The van der Waals surface area contributed by atoms with Crippen LogP contribution >= 0.6 is 110 Å². The topological polar surface area (TPSA) is 325 Å². The summed E-state index contributed by atoms with van der Waals surface area (Å²) in [4.78, 5) is 89.8. The van der Waals surface area contributed by atoms with Gasteiger partial charge in [0.1, 0.15) is 23.7 Å². The molecule has 0 aliphatic rings. The van der Waals surface area contributed by atoms with E-state index in [-0.39, 0.29) is 23.6 Å². The Kier molecular flexibility index (Phi) is 124. The number of amides is 4. The van der Waals surface area contributed by atoms with E-state index in [2.05, 4.69) is 95.5 Å². The second-order valence-corrected chi connectivity index (χ2v) is 25.1. The van der Waals surface area contributed by atoms with Crippen LogP contribution in [0.3, 0.4) is 0 Å². The van der Waals surface area contributed by atoms with Crippen LogP contribution in [0, 0.1) is 22.1 Å². The van der Waals surface area contributed by atoms with E-state index in [1.165, 1.54) is 26.3 Å². The molecule has 0 saturated carbocycles. The molecule has 82 heavy (non-hydrogen) atoms. The summed E-state index contributed by atoms with van der Waals surface area (Å²) in [6.07, 6.45) is 34.7. The average Bonchev–Trinajstić information content (AvgIpc) is 3.45. The molecule has 0 aromatic heterocycles. The predicted octanol–water partition coefficient (Wildman–Crippen LogP) is 11.6. The van der Waals surface area contributed by atoms with E-state index < -0.39 is 24.0 Å². The summed E-state index contributed by atoms with van der Waals surface area (Å²) in [6.45, 7) is 2.17. The van der Waals surface area contributed by atoms with Crippen LogP contribution in [-0.2, 0) is 38.4 Å². The third-order valence-electron chi connectivity index (χ3n) is 9.76. The van der Waals surface area contributed by atoms with E-state index in [1.807, 2.05) is 42.0 Å². The largest absolute Gasteiger partial charge is 0.481 e. The number of hydrogen-bond acceptors (Lipinski definition) is 20. The predicted molar refractivity (Wildman–Crippen MR) is 378 cm³/mol. The number of thiol groups is 2. The van der Waals surface area contributed by atoms with Crippen molar-refractivity contribution in [1.82, 2.24) is 21.3 Å². The lowest BCUT2D eigenvalue weighted by atomic mass is 10.0. The molecule has 0 radical (unpaired) electrons. The number of aliphatic carboxylic acids is 2. The van der Waals surface area contributed by atoms with Gasteiger partial charge in [0.05, 0.1) is 11.6 Å². The lowest BCUT2D eigenvalue weighted by Gasteiger charge is -2.17. The number of hydrogen-bond donors (Lipinski definition) is 10. The molecule has 488 valence electrons. The van der Waals surface area contributed by atoms with E-state index in [0.717, 1.165) is 140 Å². The minimum absolute atomic E-state index is 0.0422. The van der Waals surface area contributed by atoms with Crippen LogP contribution in [0.4, 0.5) is 0 Å². The quantitative estimate of drug-likeness (QED) is 0.0118. The molecule has 0 saturated heterocycles. The number of carbonyl (C=O) groups is 8. The first kappa shape index (κ1) is 103. The van der Waals surface area contributed by atoms with E-state index >= 15 is 0 Å². The van der Waals surface area contributed by atoms with Crippen LogP contribution in [-0.4, -0.2) is 158 Å². The number of ketones is 2. The number of nitrogens with one attached hydrogen (secondary N) is 4. The van der Waals surface area contributed by atoms with Crippen LogP contribution in [0.5, 0.6) is 0 Å². The van der Waals surface area contributed by atoms with Crippen LogP contribution in [0.15, 0.2) is 0 Å². The van der Waals surface area contributed by atoms with Gasteiger partial charge < -0.3 is 42.9 Å². The van der Waals surface area contributed by atoms with Gasteiger partial charge in [-0.15, -0.1) is 0 Å².